The SMILES string of the molecule is C[C@@H](CN[C@@H]1COc2ccccc2SC1)CSc1cccc2ccoc12.O=C(O)/C=C\C(=O)O. The van der Waals surface area contributed by atoms with Crippen molar-refractivity contribution in [2.75, 3.05) is 24.7 Å². The zero-order valence-corrected chi connectivity index (χ0v) is 20.3. The molecule has 1 aromatic heterocycles. The fourth-order valence-corrected chi connectivity index (χ4v) is 5.21. The van der Waals surface area contributed by atoms with E-state index in [9.17, 15) is 9.59 Å². The Hall–Kier alpha value is -2.88. The van der Waals surface area contributed by atoms with E-state index in [0.29, 0.717) is 24.1 Å². The summed E-state index contributed by atoms with van der Waals surface area (Å²) >= 11 is 3.75. The zero-order chi connectivity index (χ0) is 24.3. The van der Waals surface area contributed by atoms with Crippen molar-refractivity contribution in [3.05, 3.63) is 66.9 Å². The lowest BCUT2D eigenvalue weighted by Crippen LogP contribution is -2.39. The molecule has 0 bridgehead atoms. The maximum atomic E-state index is 9.55. The molecule has 0 saturated heterocycles. The number of furan rings is 1. The number of carboxylic acids is 2. The topological polar surface area (TPSA) is 109 Å². The first kappa shape index (κ1) is 25.7. The minimum atomic E-state index is -1.26. The number of nitrogens with one attached hydrogen (secondary N) is 1. The van der Waals surface area contributed by atoms with E-state index in [1.54, 1.807) is 6.26 Å². The summed E-state index contributed by atoms with van der Waals surface area (Å²) in [4.78, 5) is 21.6. The maximum absolute atomic E-state index is 9.55. The molecule has 1 aliphatic rings. The van der Waals surface area contributed by atoms with Crippen LogP contribution in [0.4, 0.5) is 0 Å². The van der Waals surface area contributed by atoms with Gasteiger partial charge in [0.1, 0.15) is 17.9 Å². The van der Waals surface area contributed by atoms with E-state index in [1.165, 1.54) is 15.2 Å². The van der Waals surface area contributed by atoms with E-state index >= 15 is 0 Å². The number of rotatable bonds is 8. The van der Waals surface area contributed by atoms with Gasteiger partial charge in [0.25, 0.3) is 0 Å². The summed E-state index contributed by atoms with van der Waals surface area (Å²) in [6, 6.07) is 17.0. The van der Waals surface area contributed by atoms with Crippen molar-refractivity contribution in [3.63, 3.8) is 0 Å². The van der Waals surface area contributed by atoms with Gasteiger partial charge in [0, 0.05) is 33.9 Å². The molecule has 0 radical (unpaired) electrons. The van der Waals surface area contributed by atoms with Gasteiger partial charge in [-0.3, -0.25) is 0 Å². The van der Waals surface area contributed by atoms with Crippen molar-refractivity contribution >= 4 is 46.4 Å². The van der Waals surface area contributed by atoms with Crippen LogP contribution in [0.1, 0.15) is 6.92 Å². The molecule has 2 heterocycles. The number of carbonyl (C=O) groups is 2. The number of fused-ring (bicyclic) bond motifs is 2. The molecule has 180 valence electrons. The summed E-state index contributed by atoms with van der Waals surface area (Å²) in [6.07, 6.45) is 2.88. The van der Waals surface area contributed by atoms with E-state index in [-0.39, 0.29) is 0 Å². The summed E-state index contributed by atoms with van der Waals surface area (Å²) in [5, 5.41) is 20.5. The molecule has 34 heavy (non-hydrogen) atoms. The van der Waals surface area contributed by atoms with Gasteiger partial charge in [-0.15, -0.1) is 23.5 Å². The molecule has 1 aliphatic heterocycles. The van der Waals surface area contributed by atoms with Gasteiger partial charge in [0.05, 0.1) is 17.2 Å². The van der Waals surface area contributed by atoms with Crippen LogP contribution in [0, 0.1) is 5.92 Å². The third-order valence-corrected chi connectivity index (χ3v) is 7.40. The Morgan fingerprint density at radius 3 is 2.68 bits per heavy atom. The largest absolute Gasteiger partial charge is 0.491 e. The summed E-state index contributed by atoms with van der Waals surface area (Å²) in [7, 11) is 0. The van der Waals surface area contributed by atoms with E-state index in [2.05, 4.69) is 48.6 Å². The summed E-state index contributed by atoms with van der Waals surface area (Å²) < 4.78 is 11.6. The predicted octanol–water partition coefficient (Wildman–Crippen LogP) is 5.02. The molecule has 0 unspecified atom stereocenters. The number of hydrogen-bond donors (Lipinski definition) is 3. The highest BCUT2D eigenvalue weighted by Gasteiger charge is 2.18. The zero-order valence-electron chi connectivity index (χ0n) is 18.7. The fourth-order valence-electron chi connectivity index (χ4n) is 3.12. The second kappa shape index (κ2) is 13.1. The molecule has 2 aromatic carbocycles. The van der Waals surface area contributed by atoms with Crippen molar-refractivity contribution < 1.29 is 29.0 Å². The van der Waals surface area contributed by atoms with Gasteiger partial charge in [-0.2, -0.15) is 0 Å². The lowest BCUT2D eigenvalue weighted by Gasteiger charge is -2.19. The van der Waals surface area contributed by atoms with Gasteiger partial charge in [-0.05, 0) is 36.7 Å². The number of ether oxygens (including phenoxy) is 1. The van der Waals surface area contributed by atoms with Crippen molar-refractivity contribution in [3.8, 4) is 5.75 Å². The van der Waals surface area contributed by atoms with E-state index in [1.807, 2.05) is 35.7 Å². The number of aliphatic carboxylic acids is 2. The molecule has 0 spiro atoms. The van der Waals surface area contributed by atoms with Crippen molar-refractivity contribution in [1.29, 1.82) is 0 Å². The van der Waals surface area contributed by atoms with Crippen LogP contribution in [0.15, 0.2) is 81.2 Å². The maximum Gasteiger partial charge on any atom is 0.328 e. The number of thioether (sulfide) groups is 2. The molecule has 0 saturated carbocycles. The molecule has 3 N–H and O–H groups in total. The summed E-state index contributed by atoms with van der Waals surface area (Å²) in [5.41, 5.74) is 1.00. The first-order valence-corrected chi connectivity index (χ1v) is 12.7. The minimum absolute atomic E-state index is 0.383. The van der Waals surface area contributed by atoms with Gasteiger partial charge in [-0.1, -0.05) is 31.2 Å². The van der Waals surface area contributed by atoms with Crippen LogP contribution in [0.2, 0.25) is 0 Å². The number of para-hydroxylation sites is 2. The Morgan fingerprint density at radius 2 is 1.91 bits per heavy atom. The minimum Gasteiger partial charge on any atom is -0.491 e. The molecular formula is C25H27NO6S2. The summed E-state index contributed by atoms with van der Waals surface area (Å²) in [6.45, 7) is 4.02. The second-order valence-electron chi connectivity index (χ2n) is 7.70. The Bertz CT molecular complexity index is 1090. The first-order chi connectivity index (χ1) is 16.4. The third kappa shape index (κ3) is 8.16. The number of hydrogen-bond acceptors (Lipinski definition) is 7. The van der Waals surface area contributed by atoms with Crippen LogP contribution >= 0.6 is 23.5 Å². The molecular weight excluding hydrogens is 474 g/mol. The van der Waals surface area contributed by atoms with Crippen LogP contribution in [0.3, 0.4) is 0 Å². The Kier molecular flexibility index (Phi) is 9.93. The number of carboxylic acid groups (broad SMARTS) is 2. The molecule has 0 aliphatic carbocycles. The molecule has 4 rings (SSSR count). The summed E-state index contributed by atoms with van der Waals surface area (Å²) in [5.74, 6) is 1.17. The molecule has 2 atom stereocenters. The van der Waals surface area contributed by atoms with Crippen LogP contribution in [0.5, 0.6) is 5.75 Å². The second-order valence-corrected chi connectivity index (χ2v) is 9.82. The van der Waals surface area contributed by atoms with Gasteiger partial charge in [-0.25, -0.2) is 9.59 Å². The normalized spacial score (nSPS) is 16.1. The first-order valence-electron chi connectivity index (χ1n) is 10.7. The van der Waals surface area contributed by atoms with E-state index < -0.39 is 11.9 Å². The average molecular weight is 502 g/mol. The lowest BCUT2D eigenvalue weighted by molar-refractivity contribution is -0.134. The van der Waals surface area contributed by atoms with Crippen LogP contribution < -0.4 is 10.1 Å². The van der Waals surface area contributed by atoms with E-state index in [0.717, 1.165) is 36.0 Å². The van der Waals surface area contributed by atoms with Gasteiger partial charge in [0.15, 0.2) is 0 Å². The monoisotopic (exact) mass is 501 g/mol. The highest BCUT2D eigenvalue weighted by Crippen LogP contribution is 2.32. The smallest absolute Gasteiger partial charge is 0.328 e. The lowest BCUT2D eigenvalue weighted by atomic mass is 10.2. The van der Waals surface area contributed by atoms with Crippen molar-refractivity contribution in [1.82, 2.24) is 5.32 Å². The Balaban J connectivity index is 0.000000350. The van der Waals surface area contributed by atoms with E-state index in [4.69, 9.17) is 19.4 Å². The van der Waals surface area contributed by atoms with Crippen molar-refractivity contribution in [2.24, 2.45) is 5.92 Å². The molecule has 0 fully saturated rings. The Morgan fingerprint density at radius 1 is 1.15 bits per heavy atom. The third-order valence-electron chi connectivity index (χ3n) is 4.82. The van der Waals surface area contributed by atoms with Crippen molar-refractivity contribution in [2.45, 2.75) is 22.8 Å². The quantitative estimate of drug-likeness (QED) is 0.290. The van der Waals surface area contributed by atoms with Gasteiger partial charge < -0.3 is 24.7 Å². The highest BCUT2D eigenvalue weighted by atomic mass is 32.2. The van der Waals surface area contributed by atoms with Crippen LogP contribution in [0.25, 0.3) is 11.0 Å². The molecule has 7 nitrogen and oxygen atoms in total. The van der Waals surface area contributed by atoms with Gasteiger partial charge in [0.2, 0.25) is 0 Å². The van der Waals surface area contributed by atoms with Crippen LogP contribution in [-0.4, -0.2) is 52.9 Å². The highest BCUT2D eigenvalue weighted by molar-refractivity contribution is 7.99. The van der Waals surface area contributed by atoms with Crippen LogP contribution in [-0.2, 0) is 9.59 Å². The average Bonchev–Trinajstić information content (AvgIpc) is 3.22. The Labute approximate surface area is 206 Å². The predicted molar refractivity (Wildman–Crippen MR) is 135 cm³/mol. The molecule has 3 aromatic rings. The standard InChI is InChI=1S/C21H23NO2S2.C4H4O4/c1-15(13-25-20-8-4-5-16-9-10-23-21(16)20)11-22-17-12-24-18-6-2-3-7-19(18)26-14-17;5-3(6)1-2-4(7)8/h2-10,15,17,22H,11-14H2,1H3;1-2H,(H,5,6)(H,7,8)/b;2-1-/t15-,17+;/m0./s1. The molecule has 0 amide bonds. The number of benzene rings is 2. The molecule has 9 heteroatoms. The fraction of sp³-hybridized carbons (Fsp3) is 0.280. The van der Waals surface area contributed by atoms with Gasteiger partial charge >= 0.3 is 11.9 Å².